The number of nitrogens with zero attached hydrogens (tertiary/aromatic N) is 1. The van der Waals surface area contributed by atoms with E-state index in [1.54, 1.807) is 11.3 Å². The molecule has 116 valence electrons. The summed E-state index contributed by atoms with van der Waals surface area (Å²) in [5.74, 6) is -0.0854. The second kappa shape index (κ2) is 6.93. The van der Waals surface area contributed by atoms with E-state index in [2.05, 4.69) is 10.5 Å². The van der Waals surface area contributed by atoms with Gasteiger partial charge in [-0.15, -0.1) is 0 Å². The molecule has 6 heteroatoms. The third-order valence-corrected chi connectivity index (χ3v) is 5.08. The van der Waals surface area contributed by atoms with Gasteiger partial charge in [0, 0.05) is 0 Å². The Bertz CT molecular complexity index is 491. The van der Waals surface area contributed by atoms with Crippen LogP contribution in [0.2, 0.25) is 0 Å². The van der Waals surface area contributed by atoms with Gasteiger partial charge >= 0.3 is 0 Å². The van der Waals surface area contributed by atoms with E-state index in [-0.39, 0.29) is 17.8 Å². The average Bonchev–Trinajstić information content (AvgIpc) is 2.91. The summed E-state index contributed by atoms with van der Waals surface area (Å²) in [6.45, 7) is 1.95. The molecule has 1 aliphatic rings. The van der Waals surface area contributed by atoms with E-state index in [0.29, 0.717) is 12.8 Å². The van der Waals surface area contributed by atoms with Crippen molar-refractivity contribution in [2.75, 3.05) is 0 Å². The third kappa shape index (κ3) is 3.37. The summed E-state index contributed by atoms with van der Waals surface area (Å²) in [4.78, 5) is 12.8. The highest BCUT2D eigenvalue weighted by Crippen LogP contribution is 2.36. The molecular formula is C15H23N3O2S. The first-order valence-corrected chi connectivity index (χ1v) is 8.35. The fourth-order valence-electron chi connectivity index (χ4n) is 2.97. The van der Waals surface area contributed by atoms with Crippen LogP contribution in [0.15, 0.2) is 22.0 Å². The summed E-state index contributed by atoms with van der Waals surface area (Å²) >= 11 is 1.60. The highest BCUT2D eigenvalue weighted by Gasteiger charge is 2.43. The minimum atomic E-state index is -0.866. The van der Waals surface area contributed by atoms with Crippen molar-refractivity contribution in [2.24, 2.45) is 16.3 Å². The summed E-state index contributed by atoms with van der Waals surface area (Å²) in [5.41, 5.74) is 6.10. The first-order valence-electron chi connectivity index (χ1n) is 7.41. The van der Waals surface area contributed by atoms with Gasteiger partial charge in [-0.2, -0.15) is 11.3 Å². The highest BCUT2D eigenvalue weighted by molar-refractivity contribution is 7.07. The van der Waals surface area contributed by atoms with Gasteiger partial charge in [0.1, 0.15) is 5.41 Å². The minimum Gasteiger partial charge on any atom is -0.409 e. The van der Waals surface area contributed by atoms with Crippen molar-refractivity contribution in [3.63, 3.8) is 0 Å². The van der Waals surface area contributed by atoms with Crippen molar-refractivity contribution < 1.29 is 10.0 Å². The van der Waals surface area contributed by atoms with Gasteiger partial charge in [-0.05, 0) is 42.2 Å². The molecule has 1 aliphatic carbocycles. The quantitative estimate of drug-likeness (QED) is 0.263. The Balaban J connectivity index is 2.18. The van der Waals surface area contributed by atoms with E-state index in [0.717, 1.165) is 31.2 Å². The normalized spacial score (nSPS) is 20.5. The summed E-state index contributed by atoms with van der Waals surface area (Å²) in [6.07, 6.45) is 5.32. The molecule has 0 aliphatic heterocycles. The number of nitrogens with one attached hydrogen (secondary N) is 1. The molecule has 1 amide bonds. The van der Waals surface area contributed by atoms with Crippen molar-refractivity contribution in [3.8, 4) is 0 Å². The molecule has 0 bridgehead atoms. The van der Waals surface area contributed by atoms with Gasteiger partial charge in [0.15, 0.2) is 5.84 Å². The molecule has 1 aromatic rings. The highest BCUT2D eigenvalue weighted by atomic mass is 32.1. The summed E-state index contributed by atoms with van der Waals surface area (Å²) in [5, 5.41) is 19.3. The number of hydrogen-bond acceptors (Lipinski definition) is 4. The van der Waals surface area contributed by atoms with E-state index < -0.39 is 5.41 Å². The SMILES string of the molecule is CC(NC(=O)C1(C(N)=NO)CCCCCC1)c1ccsc1. The smallest absolute Gasteiger partial charge is 0.234 e. The number of oxime groups is 1. The summed E-state index contributed by atoms with van der Waals surface area (Å²) in [6, 6.07) is 1.93. The second-order valence-corrected chi connectivity index (χ2v) is 6.51. The van der Waals surface area contributed by atoms with E-state index in [4.69, 9.17) is 10.9 Å². The van der Waals surface area contributed by atoms with Crippen LogP contribution in [-0.2, 0) is 4.79 Å². The first kappa shape index (κ1) is 15.8. The molecule has 2 rings (SSSR count). The molecular weight excluding hydrogens is 286 g/mol. The van der Waals surface area contributed by atoms with Crippen LogP contribution in [0.4, 0.5) is 0 Å². The molecule has 0 radical (unpaired) electrons. The van der Waals surface area contributed by atoms with Crippen LogP contribution in [0.5, 0.6) is 0 Å². The fraction of sp³-hybridized carbons (Fsp3) is 0.600. The van der Waals surface area contributed by atoms with E-state index >= 15 is 0 Å². The van der Waals surface area contributed by atoms with Gasteiger partial charge in [0.05, 0.1) is 6.04 Å². The van der Waals surface area contributed by atoms with Crippen molar-refractivity contribution >= 4 is 23.1 Å². The lowest BCUT2D eigenvalue weighted by Crippen LogP contribution is -2.50. The Kier molecular flexibility index (Phi) is 5.22. The molecule has 0 spiro atoms. The minimum absolute atomic E-state index is 0.0411. The number of nitrogens with two attached hydrogens (primary N) is 1. The van der Waals surface area contributed by atoms with Crippen molar-refractivity contribution in [2.45, 2.75) is 51.5 Å². The molecule has 0 saturated heterocycles. The van der Waals surface area contributed by atoms with Gasteiger partial charge in [-0.3, -0.25) is 4.79 Å². The standard InChI is InChI=1S/C15H23N3O2S/c1-11(12-6-9-21-10-12)17-14(19)15(13(16)18-20)7-4-2-3-5-8-15/h6,9-11,20H,2-5,7-8H2,1H3,(H2,16,18)(H,17,19). The monoisotopic (exact) mass is 309 g/mol. The Morgan fingerprint density at radius 3 is 2.62 bits per heavy atom. The number of carbonyl (C=O) groups is 1. The topological polar surface area (TPSA) is 87.7 Å². The molecule has 1 atom stereocenters. The third-order valence-electron chi connectivity index (χ3n) is 4.38. The number of carbonyl (C=O) groups excluding carboxylic acids is 1. The molecule has 4 N–H and O–H groups in total. The number of amides is 1. The van der Waals surface area contributed by atoms with Gasteiger partial charge in [0.2, 0.25) is 5.91 Å². The maximum absolute atomic E-state index is 12.8. The zero-order chi connectivity index (χ0) is 15.3. The van der Waals surface area contributed by atoms with Crippen LogP contribution >= 0.6 is 11.3 Å². The predicted molar refractivity (Wildman–Crippen MR) is 84.4 cm³/mol. The molecule has 5 nitrogen and oxygen atoms in total. The molecule has 1 aromatic heterocycles. The van der Waals surface area contributed by atoms with Crippen molar-refractivity contribution in [3.05, 3.63) is 22.4 Å². The lowest BCUT2D eigenvalue weighted by Gasteiger charge is -2.31. The van der Waals surface area contributed by atoms with Crippen LogP contribution < -0.4 is 11.1 Å². The van der Waals surface area contributed by atoms with Crippen LogP contribution in [-0.4, -0.2) is 17.0 Å². The van der Waals surface area contributed by atoms with Crippen LogP contribution in [0.25, 0.3) is 0 Å². The van der Waals surface area contributed by atoms with Gasteiger partial charge in [-0.25, -0.2) is 0 Å². The maximum Gasteiger partial charge on any atom is 0.234 e. The Morgan fingerprint density at radius 1 is 1.43 bits per heavy atom. The number of amidine groups is 1. The first-order chi connectivity index (χ1) is 10.1. The van der Waals surface area contributed by atoms with Crippen LogP contribution in [0.3, 0.4) is 0 Å². The van der Waals surface area contributed by atoms with E-state index in [1.165, 1.54) is 0 Å². The molecule has 1 heterocycles. The van der Waals surface area contributed by atoms with Gasteiger partial charge in [0.25, 0.3) is 0 Å². The van der Waals surface area contributed by atoms with Crippen molar-refractivity contribution in [1.29, 1.82) is 0 Å². The molecule has 0 aromatic carbocycles. The number of hydrogen-bond donors (Lipinski definition) is 3. The lowest BCUT2D eigenvalue weighted by molar-refractivity contribution is -0.129. The molecule has 1 unspecified atom stereocenters. The predicted octanol–water partition coefficient (Wildman–Crippen LogP) is 3.01. The summed E-state index contributed by atoms with van der Waals surface area (Å²) in [7, 11) is 0. The Morgan fingerprint density at radius 2 is 2.10 bits per heavy atom. The zero-order valence-electron chi connectivity index (χ0n) is 12.3. The fourth-order valence-corrected chi connectivity index (χ4v) is 3.72. The average molecular weight is 309 g/mol. The maximum atomic E-state index is 12.8. The van der Waals surface area contributed by atoms with E-state index in [1.807, 2.05) is 23.8 Å². The molecule has 1 fully saturated rings. The van der Waals surface area contributed by atoms with Gasteiger partial charge < -0.3 is 16.3 Å². The van der Waals surface area contributed by atoms with Crippen LogP contribution in [0.1, 0.15) is 57.1 Å². The zero-order valence-corrected chi connectivity index (χ0v) is 13.2. The second-order valence-electron chi connectivity index (χ2n) is 5.73. The van der Waals surface area contributed by atoms with Gasteiger partial charge in [-0.1, -0.05) is 30.8 Å². The largest absolute Gasteiger partial charge is 0.409 e. The Hall–Kier alpha value is -1.56. The van der Waals surface area contributed by atoms with Crippen LogP contribution in [0, 0.1) is 5.41 Å². The molecule has 1 saturated carbocycles. The number of thiophene rings is 1. The molecule has 21 heavy (non-hydrogen) atoms. The number of rotatable bonds is 4. The Labute approximate surface area is 129 Å². The lowest BCUT2D eigenvalue weighted by atomic mass is 9.78. The van der Waals surface area contributed by atoms with E-state index in [9.17, 15) is 4.79 Å². The van der Waals surface area contributed by atoms with Crippen molar-refractivity contribution in [1.82, 2.24) is 5.32 Å². The summed E-state index contributed by atoms with van der Waals surface area (Å²) < 4.78 is 0.